The van der Waals surface area contributed by atoms with Crippen LogP contribution in [0, 0.1) is 0 Å². The van der Waals surface area contributed by atoms with E-state index < -0.39 is 5.97 Å². The van der Waals surface area contributed by atoms with E-state index in [4.69, 9.17) is 9.47 Å². The average molecular weight is 341 g/mol. The fourth-order valence-corrected chi connectivity index (χ4v) is 2.04. The maximum absolute atomic E-state index is 12.2. The van der Waals surface area contributed by atoms with Gasteiger partial charge in [0, 0.05) is 12.1 Å². The smallest absolute Gasteiger partial charge is 0.343 e. The number of nitrogens with one attached hydrogen (secondary N) is 1. The summed E-state index contributed by atoms with van der Waals surface area (Å²) in [5, 5.41) is 2.73. The quantitative estimate of drug-likeness (QED) is 0.438. The normalized spacial score (nSPS) is 10.2. The molecule has 5 nitrogen and oxygen atoms in total. The molecule has 5 heteroatoms. The number of rotatable bonds is 8. The number of amides is 1. The highest BCUT2D eigenvalue weighted by Gasteiger charge is 2.09. The third-order valence-corrected chi connectivity index (χ3v) is 3.53. The van der Waals surface area contributed by atoms with Crippen molar-refractivity contribution in [3.8, 4) is 11.5 Å². The lowest BCUT2D eigenvalue weighted by Gasteiger charge is -2.08. The van der Waals surface area contributed by atoms with E-state index in [-0.39, 0.29) is 5.91 Å². The summed E-state index contributed by atoms with van der Waals surface area (Å²) in [6.45, 7) is 4.56. The highest BCUT2D eigenvalue weighted by molar-refractivity contribution is 5.93. The molecule has 2 aromatic rings. The monoisotopic (exact) mass is 341 g/mol. The van der Waals surface area contributed by atoms with Gasteiger partial charge in [-0.2, -0.15) is 0 Å². The van der Waals surface area contributed by atoms with Crippen LogP contribution in [0.3, 0.4) is 0 Å². The molecular formula is C20H23NO4. The second-order valence-electron chi connectivity index (χ2n) is 5.54. The molecule has 0 heterocycles. The highest BCUT2D eigenvalue weighted by atomic mass is 16.5. The van der Waals surface area contributed by atoms with Crippen LogP contribution in [-0.2, 0) is 4.79 Å². The van der Waals surface area contributed by atoms with E-state index in [1.165, 1.54) is 0 Å². The molecule has 0 saturated carbocycles. The minimum atomic E-state index is -0.451. The summed E-state index contributed by atoms with van der Waals surface area (Å²) in [7, 11) is 0. The molecule has 0 aliphatic heterocycles. The van der Waals surface area contributed by atoms with Gasteiger partial charge in [-0.25, -0.2) is 4.79 Å². The number of anilines is 1. The number of esters is 1. The number of unbranched alkanes of at least 4 members (excludes halogenated alkanes) is 1. The van der Waals surface area contributed by atoms with E-state index in [0.29, 0.717) is 30.0 Å². The van der Waals surface area contributed by atoms with Crippen molar-refractivity contribution >= 4 is 17.6 Å². The van der Waals surface area contributed by atoms with Crippen LogP contribution in [-0.4, -0.2) is 18.5 Å². The molecule has 0 aromatic heterocycles. The second kappa shape index (κ2) is 9.47. The van der Waals surface area contributed by atoms with Crippen molar-refractivity contribution in [3.63, 3.8) is 0 Å². The maximum atomic E-state index is 12.2. The number of ether oxygens (including phenoxy) is 2. The molecule has 0 fully saturated rings. The molecule has 2 aromatic carbocycles. The van der Waals surface area contributed by atoms with Gasteiger partial charge in [0.2, 0.25) is 5.91 Å². The zero-order chi connectivity index (χ0) is 18.1. The van der Waals surface area contributed by atoms with E-state index in [2.05, 4.69) is 12.2 Å². The SMILES string of the molecule is CCCCOc1ccc(OC(=O)c2ccc(NC(=O)CC)cc2)cc1. The van der Waals surface area contributed by atoms with Crippen LogP contribution >= 0.6 is 0 Å². The number of carbonyl (C=O) groups excluding carboxylic acids is 2. The van der Waals surface area contributed by atoms with Crippen molar-refractivity contribution in [2.45, 2.75) is 33.1 Å². The fourth-order valence-electron chi connectivity index (χ4n) is 2.04. The van der Waals surface area contributed by atoms with Crippen molar-refractivity contribution < 1.29 is 19.1 Å². The summed E-state index contributed by atoms with van der Waals surface area (Å²) < 4.78 is 10.9. The molecule has 1 amide bonds. The second-order valence-corrected chi connectivity index (χ2v) is 5.54. The topological polar surface area (TPSA) is 64.6 Å². The molecule has 0 aliphatic carbocycles. The van der Waals surface area contributed by atoms with Crippen LogP contribution in [0.5, 0.6) is 11.5 Å². The molecule has 0 saturated heterocycles. The number of hydrogen-bond acceptors (Lipinski definition) is 4. The third kappa shape index (κ3) is 5.95. The molecule has 0 radical (unpaired) electrons. The lowest BCUT2D eigenvalue weighted by atomic mass is 10.2. The first-order valence-corrected chi connectivity index (χ1v) is 8.47. The largest absolute Gasteiger partial charge is 0.494 e. The first-order valence-electron chi connectivity index (χ1n) is 8.47. The van der Waals surface area contributed by atoms with Crippen LogP contribution < -0.4 is 14.8 Å². The van der Waals surface area contributed by atoms with Crippen LogP contribution in [0.4, 0.5) is 5.69 Å². The van der Waals surface area contributed by atoms with Gasteiger partial charge in [-0.05, 0) is 55.0 Å². The Labute approximate surface area is 148 Å². The molecule has 0 aliphatic rings. The summed E-state index contributed by atoms with van der Waals surface area (Å²) in [6.07, 6.45) is 2.49. The first kappa shape index (κ1) is 18.5. The predicted octanol–water partition coefficient (Wildman–Crippen LogP) is 4.43. The van der Waals surface area contributed by atoms with Gasteiger partial charge in [0.1, 0.15) is 11.5 Å². The predicted molar refractivity (Wildman–Crippen MR) is 97.2 cm³/mol. The van der Waals surface area contributed by atoms with Gasteiger partial charge >= 0.3 is 5.97 Å². The van der Waals surface area contributed by atoms with Crippen LogP contribution in [0.2, 0.25) is 0 Å². The van der Waals surface area contributed by atoms with Gasteiger partial charge in [-0.1, -0.05) is 20.3 Å². The van der Waals surface area contributed by atoms with Gasteiger partial charge < -0.3 is 14.8 Å². The minimum Gasteiger partial charge on any atom is -0.494 e. The van der Waals surface area contributed by atoms with Crippen LogP contribution in [0.15, 0.2) is 48.5 Å². The third-order valence-electron chi connectivity index (χ3n) is 3.53. The van der Waals surface area contributed by atoms with Crippen molar-refractivity contribution in [3.05, 3.63) is 54.1 Å². The number of benzene rings is 2. The van der Waals surface area contributed by atoms with Gasteiger partial charge in [0.25, 0.3) is 0 Å². The standard InChI is InChI=1S/C20H23NO4/c1-3-5-14-24-17-10-12-18(13-11-17)25-20(23)15-6-8-16(9-7-15)21-19(22)4-2/h6-13H,3-5,14H2,1-2H3,(H,21,22). The molecule has 0 unspecified atom stereocenters. The summed E-state index contributed by atoms with van der Waals surface area (Å²) in [4.78, 5) is 23.5. The van der Waals surface area contributed by atoms with Crippen molar-refractivity contribution in [1.29, 1.82) is 0 Å². The lowest BCUT2D eigenvalue weighted by Crippen LogP contribution is -2.11. The van der Waals surface area contributed by atoms with Crippen molar-refractivity contribution in [2.24, 2.45) is 0 Å². The van der Waals surface area contributed by atoms with E-state index in [0.717, 1.165) is 18.6 Å². The highest BCUT2D eigenvalue weighted by Crippen LogP contribution is 2.19. The molecule has 2 rings (SSSR count). The average Bonchev–Trinajstić information content (AvgIpc) is 2.64. The lowest BCUT2D eigenvalue weighted by molar-refractivity contribution is -0.115. The Morgan fingerprint density at radius 3 is 2.16 bits per heavy atom. The Balaban J connectivity index is 1.91. The van der Waals surface area contributed by atoms with Crippen molar-refractivity contribution in [1.82, 2.24) is 0 Å². The summed E-state index contributed by atoms with van der Waals surface area (Å²) >= 11 is 0. The van der Waals surface area contributed by atoms with Crippen molar-refractivity contribution in [2.75, 3.05) is 11.9 Å². The maximum Gasteiger partial charge on any atom is 0.343 e. The molecule has 0 atom stereocenters. The summed E-state index contributed by atoms with van der Waals surface area (Å²) in [5.74, 6) is 0.685. The number of hydrogen-bond donors (Lipinski definition) is 1. The summed E-state index contributed by atoms with van der Waals surface area (Å²) in [6, 6.07) is 13.6. The Bertz CT molecular complexity index is 693. The Morgan fingerprint density at radius 2 is 1.56 bits per heavy atom. The molecule has 132 valence electrons. The van der Waals surface area contributed by atoms with E-state index in [1.54, 1.807) is 55.5 Å². The zero-order valence-electron chi connectivity index (χ0n) is 14.6. The molecule has 0 spiro atoms. The van der Waals surface area contributed by atoms with Gasteiger partial charge in [-0.3, -0.25) is 4.79 Å². The minimum absolute atomic E-state index is 0.0726. The Morgan fingerprint density at radius 1 is 0.920 bits per heavy atom. The first-order chi connectivity index (χ1) is 12.1. The Kier molecular flexibility index (Phi) is 7.01. The van der Waals surface area contributed by atoms with Gasteiger partial charge in [0.05, 0.1) is 12.2 Å². The Hall–Kier alpha value is -2.82. The van der Waals surface area contributed by atoms with Crippen LogP contribution in [0.1, 0.15) is 43.5 Å². The molecular weight excluding hydrogens is 318 g/mol. The van der Waals surface area contributed by atoms with E-state index in [9.17, 15) is 9.59 Å². The van der Waals surface area contributed by atoms with E-state index >= 15 is 0 Å². The van der Waals surface area contributed by atoms with E-state index in [1.807, 2.05) is 0 Å². The van der Waals surface area contributed by atoms with Crippen LogP contribution in [0.25, 0.3) is 0 Å². The zero-order valence-corrected chi connectivity index (χ0v) is 14.6. The number of carbonyl (C=O) groups is 2. The fraction of sp³-hybridized carbons (Fsp3) is 0.300. The van der Waals surface area contributed by atoms with Gasteiger partial charge in [0.15, 0.2) is 0 Å². The summed E-state index contributed by atoms with van der Waals surface area (Å²) in [5.41, 5.74) is 1.06. The van der Waals surface area contributed by atoms with Gasteiger partial charge in [-0.15, -0.1) is 0 Å². The molecule has 25 heavy (non-hydrogen) atoms. The molecule has 0 bridgehead atoms. The molecule has 1 N–H and O–H groups in total.